The van der Waals surface area contributed by atoms with Crippen LogP contribution >= 0.6 is 0 Å². The van der Waals surface area contributed by atoms with E-state index in [-0.39, 0.29) is 40.5 Å². The summed E-state index contributed by atoms with van der Waals surface area (Å²) >= 11 is -0.622. The number of Topliss-reactive ketones (excluding diaryl/α,β-unsaturated/α-hetero) is 1. The maximum absolute atomic E-state index is 14.0. The number of hydrogen-bond donors (Lipinski definition) is 3. The molecule has 4 N–H and O–H groups in total. The fourth-order valence-electron chi connectivity index (χ4n) is 7.22. The third-order valence-electron chi connectivity index (χ3n) is 10.1. The number of nitrogens with one attached hydrogen (secondary N) is 2. The molecule has 0 fully saturated rings. The predicted octanol–water partition coefficient (Wildman–Crippen LogP) is 3.74. The van der Waals surface area contributed by atoms with E-state index < -0.39 is 33.3 Å². The van der Waals surface area contributed by atoms with Gasteiger partial charge in [0, 0.05) is 48.9 Å². The van der Waals surface area contributed by atoms with E-state index in [1.807, 2.05) is 53.8 Å². The van der Waals surface area contributed by atoms with Gasteiger partial charge in [-0.15, -0.1) is 5.10 Å². The molecule has 0 unspecified atom stereocenters. The summed E-state index contributed by atoms with van der Waals surface area (Å²) in [5, 5.41) is 15.0. The number of primary amides is 1. The Bertz CT molecular complexity index is 1960. The molecule has 0 saturated carbocycles. The quantitative estimate of drug-likeness (QED) is 0.0556. The van der Waals surface area contributed by atoms with Gasteiger partial charge in [0.25, 0.3) is 0 Å². The van der Waals surface area contributed by atoms with Gasteiger partial charge in [-0.1, -0.05) is 75.4 Å². The molecular formula is C43H55IN7O5-. The summed E-state index contributed by atoms with van der Waals surface area (Å²) in [6, 6.07) is 22.9. The van der Waals surface area contributed by atoms with Gasteiger partial charge < -0.3 is 16.0 Å². The molecule has 12 nitrogen and oxygen atoms in total. The van der Waals surface area contributed by atoms with Gasteiger partial charge >= 0.3 is 135 Å². The normalized spacial score (nSPS) is 13.2. The first-order valence-corrected chi connectivity index (χ1v) is 22.6. The number of aromatic nitrogens is 3. The number of rotatable bonds is 19. The summed E-state index contributed by atoms with van der Waals surface area (Å²) in [4.78, 5) is 55.0. The molecular weight excluding hydrogens is 821 g/mol. The topological polar surface area (TPSA) is 162 Å². The number of fused-ring (bicyclic) bond motifs is 5. The number of ketones is 1. The number of urea groups is 1. The molecule has 1 aliphatic rings. The number of benzene rings is 3. The van der Waals surface area contributed by atoms with Crippen LogP contribution in [0.3, 0.4) is 0 Å². The molecule has 2 heterocycles. The van der Waals surface area contributed by atoms with Crippen molar-refractivity contribution in [1.29, 1.82) is 0 Å². The Kier molecular flexibility index (Phi) is 15.4. The van der Waals surface area contributed by atoms with Crippen LogP contribution in [-0.2, 0) is 40.4 Å². The molecule has 4 aromatic rings. The van der Waals surface area contributed by atoms with Crippen molar-refractivity contribution >= 4 is 27.4 Å². The second kappa shape index (κ2) is 20.4. The third-order valence-corrected chi connectivity index (χ3v) is 11.3. The number of anilines is 1. The molecule has 5 rings (SSSR count). The standard InChI is InChI=1S/C43H55IN7O5/c1-28(2)25-51-40-35-14-8-9-17-37(35)50(26-32-12-6-7-13-34(32)39(40)48-49-51)23-11-15-33(29(3)4)41(53)47-36(16-10-22-46-43(45)55)38(52)24-30-18-20-31(21-19-30)27-56-42(54)44-5/h6-9,12-14,17-21,28-29,33,36H,10-11,15-16,22-27H2,1-5H3,(H,47,53)(H3,45,46,55)/q-1/t33-,36-/m0/s1. The Balaban J connectivity index is 1.30. The van der Waals surface area contributed by atoms with E-state index in [9.17, 15) is 19.2 Å². The number of carbonyl (C=O) groups excluding carboxylic acids is 4. The van der Waals surface area contributed by atoms with Gasteiger partial charge in [-0.2, -0.15) is 0 Å². The summed E-state index contributed by atoms with van der Waals surface area (Å²) in [6.45, 7) is 11.1. The zero-order valence-electron chi connectivity index (χ0n) is 33.1. The molecule has 0 bridgehead atoms. The predicted molar refractivity (Wildman–Crippen MR) is 214 cm³/mol. The number of halogens is 1. The summed E-state index contributed by atoms with van der Waals surface area (Å²) in [6.07, 6.45) is 2.35. The van der Waals surface area contributed by atoms with E-state index in [0.29, 0.717) is 38.3 Å². The summed E-state index contributed by atoms with van der Waals surface area (Å²) < 4.78 is 7.14. The van der Waals surface area contributed by atoms with Crippen LogP contribution in [0, 0.1) is 17.8 Å². The first-order valence-electron chi connectivity index (χ1n) is 19.4. The van der Waals surface area contributed by atoms with Gasteiger partial charge in [-0.25, -0.2) is 9.48 Å². The van der Waals surface area contributed by atoms with Crippen LogP contribution in [0.1, 0.15) is 70.1 Å². The molecule has 0 saturated heterocycles. The molecule has 13 heteroatoms. The molecule has 1 aromatic heterocycles. The average Bonchev–Trinajstić information content (AvgIpc) is 3.57. The Morgan fingerprint density at radius 2 is 1.59 bits per heavy atom. The van der Waals surface area contributed by atoms with E-state index in [0.717, 1.165) is 58.8 Å². The van der Waals surface area contributed by atoms with Crippen molar-refractivity contribution in [2.75, 3.05) is 22.9 Å². The monoisotopic (exact) mass is 876 g/mol. The van der Waals surface area contributed by atoms with E-state index in [4.69, 9.17) is 15.6 Å². The maximum atomic E-state index is 14.0. The summed E-state index contributed by atoms with van der Waals surface area (Å²) in [5.74, 6) is -0.150. The van der Waals surface area contributed by atoms with E-state index >= 15 is 0 Å². The molecule has 1 aliphatic heterocycles. The number of nitrogens with zero attached hydrogens (tertiary/aromatic N) is 4. The van der Waals surface area contributed by atoms with Crippen molar-refractivity contribution in [2.24, 2.45) is 23.5 Å². The molecule has 3 aromatic carbocycles. The zero-order valence-corrected chi connectivity index (χ0v) is 35.3. The Hall–Kier alpha value is -4.79. The molecule has 0 radical (unpaired) electrons. The molecule has 0 spiro atoms. The number of para-hydroxylation sites is 1. The van der Waals surface area contributed by atoms with Crippen LogP contribution in [-0.4, -0.2) is 60.8 Å². The zero-order chi connectivity index (χ0) is 40.2. The van der Waals surface area contributed by atoms with Crippen LogP contribution < -0.4 is 42.5 Å². The molecule has 2 atom stereocenters. The molecule has 0 aliphatic carbocycles. The summed E-state index contributed by atoms with van der Waals surface area (Å²) in [5.41, 5.74) is 13.3. The van der Waals surface area contributed by atoms with Crippen molar-refractivity contribution < 1.29 is 45.1 Å². The second-order valence-corrected chi connectivity index (χ2v) is 17.1. The molecule has 56 heavy (non-hydrogen) atoms. The molecule has 3 amide bonds. The van der Waals surface area contributed by atoms with Gasteiger partial charge in [0.1, 0.15) is 5.69 Å². The van der Waals surface area contributed by atoms with E-state index in [1.54, 1.807) is 0 Å². The Morgan fingerprint density at radius 1 is 0.893 bits per heavy atom. The van der Waals surface area contributed by atoms with Crippen molar-refractivity contribution in [3.63, 3.8) is 0 Å². The first kappa shape index (κ1) is 42.4. The second-order valence-electron chi connectivity index (χ2n) is 15.1. The van der Waals surface area contributed by atoms with Gasteiger partial charge in [0.15, 0.2) is 0 Å². The average molecular weight is 877 g/mol. The van der Waals surface area contributed by atoms with Crippen LogP contribution in [0.4, 0.5) is 15.3 Å². The van der Waals surface area contributed by atoms with Crippen molar-refractivity contribution in [3.05, 3.63) is 89.5 Å². The number of hydrogen-bond acceptors (Lipinski definition) is 8. The number of nitrogens with two attached hydrogens (primary N) is 1. The third kappa shape index (κ3) is 11.4. The SMILES string of the molecule is C[I-]C(=O)OCc1ccc(CC(=O)[C@H](CCCNC(N)=O)NC(=O)[C@@H](CCCN2Cc3ccccc3-c3nnn(CC(C)C)c3-c3ccccc32)C(C)C)cc1. The molecule has 300 valence electrons. The van der Waals surface area contributed by atoms with Crippen molar-refractivity contribution in [1.82, 2.24) is 25.6 Å². The van der Waals surface area contributed by atoms with E-state index in [2.05, 4.69) is 77.1 Å². The number of carbonyl (C=O) groups is 4. The van der Waals surface area contributed by atoms with Crippen molar-refractivity contribution in [3.8, 4) is 22.5 Å². The first-order chi connectivity index (χ1) is 26.9. The van der Waals surface area contributed by atoms with Crippen LogP contribution in [0.5, 0.6) is 0 Å². The Labute approximate surface area is 340 Å². The fraction of sp³-hybridized carbons (Fsp3) is 0.442. The minimum absolute atomic E-state index is 0.0399. The van der Waals surface area contributed by atoms with Gasteiger partial charge in [0.2, 0.25) is 0 Å². The summed E-state index contributed by atoms with van der Waals surface area (Å²) in [7, 11) is 0. The van der Waals surface area contributed by atoms with Crippen LogP contribution in [0.25, 0.3) is 22.5 Å². The van der Waals surface area contributed by atoms with E-state index in [1.165, 1.54) is 5.56 Å². The van der Waals surface area contributed by atoms with Gasteiger partial charge in [-0.3, -0.25) is 4.79 Å². The number of ether oxygens (including phenoxy) is 1. The van der Waals surface area contributed by atoms with Crippen LogP contribution in [0.15, 0.2) is 72.8 Å². The van der Waals surface area contributed by atoms with Gasteiger partial charge in [-0.05, 0) is 36.3 Å². The Morgan fingerprint density at radius 3 is 2.29 bits per heavy atom. The van der Waals surface area contributed by atoms with Crippen LogP contribution in [0.2, 0.25) is 0 Å². The van der Waals surface area contributed by atoms with Gasteiger partial charge in [0.05, 0.1) is 5.69 Å². The number of amides is 3. The fourth-order valence-corrected chi connectivity index (χ4v) is 7.68. The van der Waals surface area contributed by atoms with Crippen molar-refractivity contribution in [2.45, 2.75) is 85.5 Å². The minimum atomic E-state index is -0.733. The number of alkyl halides is 1.